The van der Waals surface area contributed by atoms with E-state index in [4.69, 9.17) is 29.4 Å². The third kappa shape index (κ3) is 8.12. The fraction of sp³-hybridized carbons (Fsp3) is 0.344. The smallest absolute Gasteiger partial charge is 0.338 e. The SMILES string of the molecule is NCCOCCOCCc1cn(CCOC2c3c(O)cc(O)cc3OC(c3cc(O)c(O)c(O)c3)C2OC(=O)c2cc(O)c(O)c(O)c2)nn1. The van der Waals surface area contributed by atoms with Crippen molar-refractivity contribution in [2.45, 2.75) is 31.3 Å². The van der Waals surface area contributed by atoms with Crippen LogP contribution in [0.4, 0.5) is 0 Å². The number of nitrogens with two attached hydrogens (primary N) is 1. The first-order valence-corrected chi connectivity index (χ1v) is 15.3. The Morgan fingerprint density at radius 1 is 0.800 bits per heavy atom. The number of phenolic OH excluding ortho intramolecular Hbond substituents is 8. The molecule has 50 heavy (non-hydrogen) atoms. The molecule has 3 unspecified atom stereocenters. The van der Waals surface area contributed by atoms with Gasteiger partial charge in [0.15, 0.2) is 46.7 Å². The van der Waals surface area contributed by atoms with Gasteiger partial charge in [0, 0.05) is 36.9 Å². The molecule has 0 saturated carbocycles. The highest BCUT2D eigenvalue weighted by Crippen LogP contribution is 2.51. The van der Waals surface area contributed by atoms with Gasteiger partial charge in [-0.3, -0.25) is 0 Å². The summed E-state index contributed by atoms with van der Waals surface area (Å²) in [4.78, 5) is 13.4. The summed E-state index contributed by atoms with van der Waals surface area (Å²) in [5.74, 6) is -6.93. The van der Waals surface area contributed by atoms with Crippen molar-refractivity contribution in [3.8, 4) is 51.7 Å². The standard InChI is InChI=1S/C32H36N4O14/c33-2-5-47-8-7-46-4-1-18-15-36(35-34-18)3-6-48-30-26-20(38)13-19(37)14-25(26)49-29(16-9-21(39)27(43)22(40)10-16)31(30)50-32(45)17-11-23(41)28(44)24(42)12-17/h9-15,29-31,37-44H,1-8,33H2. The van der Waals surface area contributed by atoms with Gasteiger partial charge in [0.05, 0.1) is 56.4 Å². The van der Waals surface area contributed by atoms with Crippen LogP contribution < -0.4 is 10.5 Å². The third-order valence-corrected chi connectivity index (χ3v) is 7.55. The zero-order valence-electron chi connectivity index (χ0n) is 26.4. The molecule has 0 saturated heterocycles. The molecule has 10 N–H and O–H groups in total. The normalized spacial score (nSPS) is 16.9. The first-order valence-electron chi connectivity index (χ1n) is 15.3. The number of rotatable bonds is 15. The van der Waals surface area contributed by atoms with E-state index in [1.54, 1.807) is 6.20 Å². The molecule has 1 aromatic heterocycles. The van der Waals surface area contributed by atoms with Crippen LogP contribution in [0.25, 0.3) is 0 Å². The molecule has 4 aromatic rings. The molecule has 0 bridgehead atoms. The molecule has 0 radical (unpaired) electrons. The van der Waals surface area contributed by atoms with Crippen LogP contribution in [0.3, 0.4) is 0 Å². The lowest BCUT2D eigenvalue weighted by atomic mass is 9.90. The molecule has 0 spiro atoms. The minimum Gasteiger partial charge on any atom is -0.508 e. The largest absolute Gasteiger partial charge is 0.508 e. The monoisotopic (exact) mass is 700 g/mol. The van der Waals surface area contributed by atoms with Crippen LogP contribution in [-0.4, -0.2) is 107 Å². The first-order chi connectivity index (χ1) is 24.0. The average Bonchev–Trinajstić information content (AvgIpc) is 3.53. The predicted octanol–water partition coefficient (Wildman–Crippen LogP) is 1.57. The Bertz CT molecular complexity index is 1770. The van der Waals surface area contributed by atoms with Crippen molar-refractivity contribution in [1.82, 2.24) is 15.0 Å². The van der Waals surface area contributed by atoms with Crippen LogP contribution in [0.15, 0.2) is 42.6 Å². The number of nitrogens with zero attached hydrogens (tertiary/aromatic N) is 3. The van der Waals surface area contributed by atoms with Crippen molar-refractivity contribution >= 4 is 5.97 Å². The number of aromatic hydroxyl groups is 8. The molecular formula is C32H36N4O14. The number of hydrogen-bond donors (Lipinski definition) is 9. The summed E-state index contributed by atoms with van der Waals surface area (Å²) in [6.07, 6.45) is -2.17. The van der Waals surface area contributed by atoms with Gasteiger partial charge < -0.3 is 70.3 Å². The minimum absolute atomic E-state index is 0.0248. The van der Waals surface area contributed by atoms with E-state index in [1.165, 1.54) is 10.7 Å². The van der Waals surface area contributed by atoms with Crippen LogP contribution in [0.2, 0.25) is 0 Å². The predicted molar refractivity (Wildman–Crippen MR) is 168 cm³/mol. The average molecular weight is 701 g/mol. The molecule has 3 atom stereocenters. The summed E-state index contributed by atoms with van der Waals surface area (Å²) in [5, 5.41) is 89.6. The topological polar surface area (TPSA) is 282 Å². The summed E-state index contributed by atoms with van der Waals surface area (Å²) in [7, 11) is 0. The Kier molecular flexibility index (Phi) is 11.2. The maximum atomic E-state index is 13.4. The van der Waals surface area contributed by atoms with Gasteiger partial charge in [-0.05, 0) is 24.3 Å². The second-order valence-corrected chi connectivity index (χ2v) is 11.1. The quantitative estimate of drug-likeness (QED) is 0.0483. The Balaban J connectivity index is 1.41. The van der Waals surface area contributed by atoms with E-state index in [0.29, 0.717) is 45.1 Å². The molecule has 268 valence electrons. The number of phenols is 8. The van der Waals surface area contributed by atoms with Gasteiger partial charge in [0.2, 0.25) is 0 Å². The molecule has 5 rings (SSSR count). The van der Waals surface area contributed by atoms with Gasteiger partial charge in [-0.25, -0.2) is 9.48 Å². The minimum atomic E-state index is -1.54. The highest BCUT2D eigenvalue weighted by Gasteiger charge is 2.45. The molecule has 18 heteroatoms. The Morgan fingerprint density at radius 2 is 1.44 bits per heavy atom. The lowest BCUT2D eigenvalue weighted by Crippen LogP contribution is -2.39. The molecule has 3 aromatic carbocycles. The van der Waals surface area contributed by atoms with Gasteiger partial charge in [-0.1, -0.05) is 5.21 Å². The second-order valence-electron chi connectivity index (χ2n) is 11.1. The van der Waals surface area contributed by atoms with E-state index < -0.39 is 70.1 Å². The summed E-state index contributed by atoms with van der Waals surface area (Å²) >= 11 is 0. The van der Waals surface area contributed by atoms with Crippen molar-refractivity contribution in [3.05, 3.63) is 65.0 Å². The molecule has 0 amide bonds. The van der Waals surface area contributed by atoms with Crippen molar-refractivity contribution in [2.75, 3.05) is 39.6 Å². The lowest BCUT2D eigenvalue weighted by molar-refractivity contribution is -0.112. The number of fused-ring (bicyclic) bond motifs is 1. The van der Waals surface area contributed by atoms with Gasteiger partial charge in [-0.2, -0.15) is 0 Å². The Morgan fingerprint density at radius 3 is 2.10 bits per heavy atom. The van der Waals surface area contributed by atoms with E-state index in [2.05, 4.69) is 10.3 Å². The summed E-state index contributed by atoms with van der Waals surface area (Å²) in [6.45, 7) is 2.06. The number of benzene rings is 3. The van der Waals surface area contributed by atoms with E-state index in [9.17, 15) is 45.6 Å². The molecule has 1 aliphatic heterocycles. The van der Waals surface area contributed by atoms with Crippen LogP contribution in [0, 0.1) is 0 Å². The fourth-order valence-electron chi connectivity index (χ4n) is 5.19. The maximum Gasteiger partial charge on any atom is 0.338 e. The number of carbonyl (C=O) groups excluding carboxylic acids is 1. The maximum absolute atomic E-state index is 13.4. The summed E-state index contributed by atoms with van der Waals surface area (Å²) < 4.78 is 30.3. The lowest BCUT2D eigenvalue weighted by Gasteiger charge is -2.39. The van der Waals surface area contributed by atoms with Crippen molar-refractivity contribution in [1.29, 1.82) is 0 Å². The van der Waals surface area contributed by atoms with Crippen LogP contribution in [0.5, 0.6) is 51.7 Å². The van der Waals surface area contributed by atoms with Crippen LogP contribution in [0.1, 0.15) is 39.4 Å². The van der Waals surface area contributed by atoms with Gasteiger partial charge >= 0.3 is 5.97 Å². The zero-order chi connectivity index (χ0) is 35.9. The zero-order valence-corrected chi connectivity index (χ0v) is 26.4. The molecule has 1 aliphatic rings. The molecule has 2 heterocycles. The number of ether oxygens (including phenoxy) is 5. The van der Waals surface area contributed by atoms with Crippen LogP contribution >= 0.6 is 0 Å². The second kappa shape index (κ2) is 15.7. The Hall–Kier alpha value is -5.69. The summed E-state index contributed by atoms with van der Waals surface area (Å²) in [5.41, 5.74) is 5.56. The van der Waals surface area contributed by atoms with Crippen molar-refractivity contribution in [3.63, 3.8) is 0 Å². The molecule has 18 nitrogen and oxygen atoms in total. The number of esters is 1. The highest BCUT2D eigenvalue weighted by atomic mass is 16.6. The third-order valence-electron chi connectivity index (χ3n) is 7.55. The van der Waals surface area contributed by atoms with E-state index >= 15 is 0 Å². The Labute approximate surface area is 283 Å². The number of carbonyl (C=O) groups is 1. The van der Waals surface area contributed by atoms with E-state index in [-0.39, 0.29) is 35.8 Å². The fourth-order valence-corrected chi connectivity index (χ4v) is 5.19. The molecule has 0 aliphatic carbocycles. The van der Waals surface area contributed by atoms with E-state index in [1.807, 2.05) is 0 Å². The van der Waals surface area contributed by atoms with Crippen LogP contribution in [-0.2, 0) is 31.9 Å². The number of hydrogen-bond acceptors (Lipinski definition) is 17. The highest BCUT2D eigenvalue weighted by molar-refractivity contribution is 5.91. The molecule has 0 fully saturated rings. The first kappa shape index (κ1) is 35.6. The van der Waals surface area contributed by atoms with E-state index in [0.717, 1.165) is 30.3 Å². The van der Waals surface area contributed by atoms with Gasteiger partial charge in [0.25, 0.3) is 0 Å². The van der Waals surface area contributed by atoms with Crippen molar-refractivity contribution in [2.24, 2.45) is 5.73 Å². The van der Waals surface area contributed by atoms with Crippen molar-refractivity contribution < 1.29 is 69.3 Å². The number of aromatic nitrogens is 3. The van der Waals surface area contributed by atoms with Gasteiger partial charge in [-0.15, -0.1) is 5.10 Å². The van der Waals surface area contributed by atoms with Gasteiger partial charge in [0.1, 0.15) is 23.4 Å². The molecular weight excluding hydrogens is 664 g/mol. The summed E-state index contributed by atoms with van der Waals surface area (Å²) in [6, 6.07) is 5.95.